The summed E-state index contributed by atoms with van der Waals surface area (Å²) >= 11 is 0. The fraction of sp³-hybridized carbons (Fsp3) is 0.714. The second kappa shape index (κ2) is 11.9. The van der Waals surface area contributed by atoms with Crippen LogP contribution in [-0.2, 0) is 11.3 Å². The van der Waals surface area contributed by atoms with Gasteiger partial charge >= 0.3 is 0 Å². The highest BCUT2D eigenvalue weighted by Gasteiger charge is 2.34. The van der Waals surface area contributed by atoms with Crippen molar-refractivity contribution in [3.63, 3.8) is 0 Å². The molecule has 1 aliphatic heterocycles. The summed E-state index contributed by atoms with van der Waals surface area (Å²) in [6, 6.07) is 4.07. The van der Waals surface area contributed by atoms with Gasteiger partial charge in [-0.3, -0.25) is 14.9 Å². The Morgan fingerprint density at radius 1 is 1.21 bits per heavy atom. The molecule has 1 saturated carbocycles. The Kier molecular flexibility index (Phi) is 9.94. The lowest BCUT2D eigenvalue weighted by atomic mass is 9.73. The van der Waals surface area contributed by atoms with Crippen molar-refractivity contribution in [1.29, 1.82) is 0 Å². The van der Waals surface area contributed by atoms with E-state index in [9.17, 15) is 0 Å². The zero-order valence-corrected chi connectivity index (χ0v) is 19.7. The van der Waals surface area contributed by atoms with Gasteiger partial charge in [-0.05, 0) is 31.4 Å². The van der Waals surface area contributed by atoms with Crippen LogP contribution in [0.15, 0.2) is 23.3 Å². The summed E-state index contributed by atoms with van der Waals surface area (Å²) in [5.74, 6) is 0.868. The summed E-state index contributed by atoms with van der Waals surface area (Å²) in [6.45, 7) is 8.81. The molecule has 3 rings (SSSR count). The van der Waals surface area contributed by atoms with Crippen LogP contribution in [0, 0.1) is 12.3 Å². The lowest BCUT2D eigenvalue weighted by molar-refractivity contribution is 0.00820. The van der Waals surface area contributed by atoms with Crippen molar-refractivity contribution >= 4 is 29.9 Å². The zero-order valence-electron chi connectivity index (χ0n) is 17.4. The predicted molar refractivity (Wildman–Crippen MR) is 125 cm³/mol. The molecule has 158 valence electrons. The molecule has 1 aliphatic carbocycles. The number of aromatic nitrogens is 1. The molecular formula is C21H36IN5O. The highest BCUT2D eigenvalue weighted by molar-refractivity contribution is 14.0. The van der Waals surface area contributed by atoms with Gasteiger partial charge in [-0.1, -0.05) is 25.3 Å². The molecule has 0 radical (unpaired) electrons. The second-order valence-electron chi connectivity index (χ2n) is 8.00. The molecule has 2 heterocycles. The van der Waals surface area contributed by atoms with Crippen molar-refractivity contribution in [2.45, 2.75) is 45.6 Å². The minimum absolute atomic E-state index is 0. The maximum Gasteiger partial charge on any atom is 0.191 e. The monoisotopic (exact) mass is 501 g/mol. The first kappa shape index (κ1) is 23.3. The lowest BCUT2D eigenvalue weighted by Gasteiger charge is -2.42. The molecule has 0 atom stereocenters. The van der Waals surface area contributed by atoms with E-state index in [0.29, 0.717) is 12.0 Å². The van der Waals surface area contributed by atoms with Gasteiger partial charge in [-0.2, -0.15) is 0 Å². The molecule has 0 bridgehead atoms. The molecule has 0 spiro atoms. The molecule has 28 heavy (non-hydrogen) atoms. The van der Waals surface area contributed by atoms with E-state index in [0.717, 1.165) is 44.5 Å². The third-order valence-corrected chi connectivity index (χ3v) is 5.97. The fourth-order valence-corrected chi connectivity index (χ4v) is 4.29. The summed E-state index contributed by atoms with van der Waals surface area (Å²) in [4.78, 5) is 11.5. The van der Waals surface area contributed by atoms with Crippen LogP contribution in [0.4, 0.5) is 0 Å². The van der Waals surface area contributed by atoms with Crippen LogP contribution in [0.1, 0.15) is 43.4 Å². The van der Waals surface area contributed by atoms with Crippen LogP contribution in [0.25, 0.3) is 0 Å². The maximum absolute atomic E-state index is 5.53. The number of aliphatic imine (C=N–C) groups is 1. The van der Waals surface area contributed by atoms with Gasteiger partial charge in [0.15, 0.2) is 5.96 Å². The highest BCUT2D eigenvalue weighted by atomic mass is 127. The number of aryl methyl sites for hydroxylation is 1. The number of halogens is 1. The van der Waals surface area contributed by atoms with E-state index in [1.165, 1.54) is 44.2 Å². The Bertz CT molecular complexity index is 613. The van der Waals surface area contributed by atoms with Crippen molar-refractivity contribution in [2.75, 3.05) is 46.4 Å². The first-order chi connectivity index (χ1) is 13.2. The lowest BCUT2D eigenvalue weighted by Crippen LogP contribution is -2.51. The van der Waals surface area contributed by atoms with Gasteiger partial charge < -0.3 is 15.4 Å². The van der Waals surface area contributed by atoms with E-state index in [4.69, 9.17) is 4.74 Å². The zero-order chi connectivity index (χ0) is 19.0. The minimum Gasteiger partial charge on any atom is -0.379 e. The van der Waals surface area contributed by atoms with E-state index >= 15 is 0 Å². The molecule has 7 heteroatoms. The smallest absolute Gasteiger partial charge is 0.191 e. The molecule has 1 aromatic heterocycles. The Morgan fingerprint density at radius 2 is 1.96 bits per heavy atom. The van der Waals surface area contributed by atoms with Gasteiger partial charge in [0.25, 0.3) is 0 Å². The number of hydrogen-bond donors (Lipinski definition) is 2. The summed E-state index contributed by atoms with van der Waals surface area (Å²) < 4.78 is 5.53. The number of nitrogens with one attached hydrogen (secondary N) is 2. The average Bonchev–Trinajstić information content (AvgIpc) is 2.71. The van der Waals surface area contributed by atoms with Crippen LogP contribution < -0.4 is 10.6 Å². The van der Waals surface area contributed by atoms with Crippen LogP contribution in [0.3, 0.4) is 0 Å². The largest absolute Gasteiger partial charge is 0.379 e. The third-order valence-electron chi connectivity index (χ3n) is 5.97. The average molecular weight is 501 g/mol. The Labute approximate surface area is 186 Å². The number of rotatable bonds is 6. The van der Waals surface area contributed by atoms with Crippen LogP contribution in [0.2, 0.25) is 0 Å². The Morgan fingerprint density at radius 3 is 2.64 bits per heavy atom. The van der Waals surface area contributed by atoms with Gasteiger partial charge in [-0.25, -0.2) is 0 Å². The van der Waals surface area contributed by atoms with Crippen molar-refractivity contribution in [1.82, 2.24) is 20.5 Å². The summed E-state index contributed by atoms with van der Waals surface area (Å²) in [5, 5.41) is 7.04. The Hall–Kier alpha value is -0.930. The first-order valence-electron chi connectivity index (χ1n) is 10.4. The summed E-state index contributed by atoms with van der Waals surface area (Å²) in [6.07, 6.45) is 8.49. The molecule has 2 N–H and O–H groups in total. The van der Waals surface area contributed by atoms with E-state index in [1.54, 1.807) is 0 Å². The number of nitrogens with zero attached hydrogens (tertiary/aromatic N) is 3. The van der Waals surface area contributed by atoms with Gasteiger partial charge in [0.05, 0.1) is 25.5 Å². The molecule has 0 unspecified atom stereocenters. The van der Waals surface area contributed by atoms with Gasteiger partial charge in [0, 0.05) is 44.8 Å². The molecule has 0 amide bonds. The second-order valence-corrected chi connectivity index (χ2v) is 8.00. The van der Waals surface area contributed by atoms with E-state index in [-0.39, 0.29) is 24.0 Å². The number of guanidine groups is 1. The molecule has 6 nitrogen and oxygen atoms in total. The third kappa shape index (κ3) is 6.84. The van der Waals surface area contributed by atoms with E-state index in [1.807, 2.05) is 19.3 Å². The van der Waals surface area contributed by atoms with Gasteiger partial charge in [0.2, 0.25) is 0 Å². The highest BCUT2D eigenvalue weighted by Crippen LogP contribution is 2.36. The molecule has 0 aromatic carbocycles. The summed E-state index contributed by atoms with van der Waals surface area (Å²) in [5.41, 5.74) is 2.62. The topological polar surface area (TPSA) is 61.8 Å². The van der Waals surface area contributed by atoms with Crippen molar-refractivity contribution in [2.24, 2.45) is 10.4 Å². The van der Waals surface area contributed by atoms with Crippen LogP contribution in [-0.4, -0.2) is 62.3 Å². The summed E-state index contributed by atoms with van der Waals surface area (Å²) in [7, 11) is 1.84. The molecule has 1 aromatic rings. The minimum atomic E-state index is 0. The molecule has 2 aliphatic rings. The van der Waals surface area contributed by atoms with Crippen LogP contribution >= 0.6 is 24.0 Å². The van der Waals surface area contributed by atoms with Gasteiger partial charge in [-0.15, -0.1) is 24.0 Å². The standard InChI is InChI=1S/C21H35N5O.HI/c1-18-7-6-10-23-19(18)15-24-20(22-2)25-16-21(8-4-3-5-9-21)17-26-11-13-27-14-12-26;/h6-7,10H,3-5,8-9,11-17H2,1-2H3,(H2,22,24,25);1H. The number of pyridine rings is 1. The van der Waals surface area contributed by atoms with Crippen LogP contribution in [0.5, 0.6) is 0 Å². The van der Waals surface area contributed by atoms with Crippen molar-refractivity contribution in [3.05, 3.63) is 29.6 Å². The maximum atomic E-state index is 5.53. The quantitative estimate of drug-likeness (QED) is 0.357. The number of hydrogen-bond acceptors (Lipinski definition) is 4. The van der Waals surface area contributed by atoms with Gasteiger partial charge in [0.1, 0.15) is 0 Å². The Balaban J connectivity index is 0.00000280. The predicted octanol–water partition coefficient (Wildman–Crippen LogP) is 2.96. The molecule has 1 saturated heterocycles. The molecular weight excluding hydrogens is 465 g/mol. The number of morpholine rings is 1. The fourth-order valence-electron chi connectivity index (χ4n) is 4.29. The van der Waals surface area contributed by atoms with Crippen molar-refractivity contribution < 1.29 is 4.74 Å². The van der Waals surface area contributed by atoms with E-state index in [2.05, 4.69) is 38.5 Å². The first-order valence-corrected chi connectivity index (χ1v) is 10.4. The SMILES string of the molecule is CN=C(NCc1ncccc1C)NCC1(CN2CCOCC2)CCCCC1.I. The molecule has 2 fully saturated rings. The van der Waals surface area contributed by atoms with Crippen molar-refractivity contribution in [3.8, 4) is 0 Å². The van der Waals surface area contributed by atoms with E-state index < -0.39 is 0 Å². The number of ether oxygens (including phenoxy) is 1. The normalized spacial score (nSPS) is 20.3.